The third-order valence-corrected chi connectivity index (χ3v) is 13.4. The number of phenols is 1. The molecular weight excluding hydrogens is 811 g/mol. The Kier molecular flexibility index (Phi) is 14.2. The van der Waals surface area contributed by atoms with E-state index in [1.165, 1.54) is 9.91 Å². The Labute approximate surface area is 377 Å². The van der Waals surface area contributed by atoms with E-state index in [0.717, 1.165) is 51.1 Å². The number of hydrogen-bond acceptors (Lipinski definition) is 10. The van der Waals surface area contributed by atoms with Crippen molar-refractivity contribution in [2.24, 2.45) is 17.3 Å². The van der Waals surface area contributed by atoms with Crippen LogP contribution in [0.1, 0.15) is 97.1 Å². The van der Waals surface area contributed by atoms with Crippen molar-refractivity contribution >= 4 is 34.6 Å². The predicted octanol–water partition coefficient (Wildman–Crippen LogP) is 6.32. The van der Waals surface area contributed by atoms with E-state index in [0.29, 0.717) is 44.3 Å². The fourth-order valence-electron chi connectivity index (χ4n) is 10.1. The fraction of sp³-hybridized carbons (Fsp3) is 0.540. The maximum Gasteiger partial charge on any atom is 0.307 e. The van der Waals surface area contributed by atoms with E-state index in [2.05, 4.69) is 59.6 Å². The summed E-state index contributed by atoms with van der Waals surface area (Å²) in [5.74, 6) is -1.78. The molecule has 0 spiro atoms. The third-order valence-electron chi connectivity index (χ3n) is 13.4. The van der Waals surface area contributed by atoms with Gasteiger partial charge in [0.1, 0.15) is 17.8 Å². The number of aryl methyl sites for hydroxylation is 1. The summed E-state index contributed by atoms with van der Waals surface area (Å²) in [4.78, 5) is 62.9. The summed E-state index contributed by atoms with van der Waals surface area (Å²) in [6, 6.07) is 13.3. The van der Waals surface area contributed by atoms with Crippen molar-refractivity contribution < 1.29 is 33.8 Å². The van der Waals surface area contributed by atoms with E-state index in [1.54, 1.807) is 32.5 Å². The van der Waals surface area contributed by atoms with Gasteiger partial charge in [0.2, 0.25) is 11.8 Å². The molecule has 344 valence electrons. The van der Waals surface area contributed by atoms with Gasteiger partial charge in [0.15, 0.2) is 0 Å². The molecule has 0 saturated carbocycles. The summed E-state index contributed by atoms with van der Waals surface area (Å²) in [5.41, 5.74) is 9.94. The van der Waals surface area contributed by atoms with Crippen LogP contribution in [-0.2, 0) is 48.0 Å². The first kappa shape index (κ1) is 46.7. The van der Waals surface area contributed by atoms with Crippen molar-refractivity contribution in [1.29, 1.82) is 0 Å². The molecule has 0 unspecified atom stereocenters. The molecule has 4 aromatic rings. The highest BCUT2D eigenvalue weighted by Gasteiger charge is 2.40. The van der Waals surface area contributed by atoms with Crippen molar-refractivity contribution in [3.8, 4) is 28.1 Å². The molecule has 5 heterocycles. The maximum atomic E-state index is 14.7. The number of nitrogens with one attached hydrogen (secondary N) is 3. The Morgan fingerprint density at radius 2 is 1.86 bits per heavy atom. The number of fused-ring (bicyclic) bond motifs is 6. The molecule has 2 fully saturated rings. The number of aromatic hydroxyl groups is 1. The summed E-state index contributed by atoms with van der Waals surface area (Å²) >= 11 is 0. The van der Waals surface area contributed by atoms with Gasteiger partial charge in [0.25, 0.3) is 5.91 Å². The minimum atomic E-state index is -1.07. The number of amides is 3. The molecule has 3 aliphatic heterocycles. The quantitative estimate of drug-likeness (QED) is 0.140. The topological polar surface area (TPSA) is 167 Å². The largest absolute Gasteiger partial charge is 0.508 e. The lowest BCUT2D eigenvalue weighted by Crippen LogP contribution is -2.61. The van der Waals surface area contributed by atoms with E-state index in [-0.39, 0.29) is 73.0 Å². The summed E-state index contributed by atoms with van der Waals surface area (Å²) in [6.07, 6.45) is 4.18. The normalized spacial score (nSPS) is 22.7. The van der Waals surface area contributed by atoms with Crippen molar-refractivity contribution in [1.82, 2.24) is 35.5 Å². The molecule has 7 rings (SSSR count). The highest BCUT2D eigenvalue weighted by Crippen LogP contribution is 2.42. The zero-order valence-corrected chi connectivity index (χ0v) is 39.0. The van der Waals surface area contributed by atoms with Crippen LogP contribution in [0.3, 0.4) is 0 Å². The van der Waals surface area contributed by atoms with Crippen molar-refractivity contribution in [2.75, 3.05) is 33.9 Å². The molecule has 14 nitrogen and oxygen atoms in total. The van der Waals surface area contributed by atoms with Crippen molar-refractivity contribution in [3.63, 3.8) is 0 Å². The molecule has 0 radical (unpaired) electrons. The Bertz CT molecular complexity index is 2380. The monoisotopic (exact) mass is 878 g/mol. The number of rotatable bonds is 9. The van der Waals surface area contributed by atoms with Gasteiger partial charge in [-0.2, -0.15) is 0 Å². The van der Waals surface area contributed by atoms with E-state index in [4.69, 9.17) is 14.5 Å². The van der Waals surface area contributed by atoms with Crippen LogP contribution < -0.4 is 16.1 Å². The Hall–Kier alpha value is -5.31. The molecule has 6 atom stereocenters. The lowest BCUT2D eigenvalue weighted by Gasteiger charge is -2.37. The summed E-state index contributed by atoms with van der Waals surface area (Å²) in [5, 5.41) is 20.3. The zero-order chi connectivity index (χ0) is 46.0. The molecular formula is C50H67N7O7. The number of nitrogens with zero attached hydrogens (tertiary/aromatic N) is 4. The average molecular weight is 878 g/mol. The van der Waals surface area contributed by atoms with E-state index in [1.807, 2.05) is 45.9 Å². The molecule has 4 N–H and O–H groups in total. The Balaban J connectivity index is 1.34. The number of pyridine rings is 1. The maximum absolute atomic E-state index is 14.7. The SMILES string of the molecule is CCn1c(-c2cccnc2[C@H](C)OC)c2c3cc(ccc31)-c1cc(O)cc(c1)C[C@H](NC(=O)[C@H](C(C)C)N(C)C(=O)[C@H]1CCN[C@H]1C)C(=O)N1CCC[C@@H](CC(=O)OCC(C)(C)C2)N1. The van der Waals surface area contributed by atoms with Crippen LogP contribution in [0, 0.1) is 17.3 Å². The van der Waals surface area contributed by atoms with Gasteiger partial charge in [-0.3, -0.25) is 29.2 Å². The number of hydrazine groups is 1. The predicted molar refractivity (Wildman–Crippen MR) is 247 cm³/mol. The van der Waals surface area contributed by atoms with Crippen LogP contribution in [0.5, 0.6) is 5.75 Å². The Morgan fingerprint density at radius 3 is 2.56 bits per heavy atom. The number of ether oxygens (including phenoxy) is 2. The second-order valence-corrected chi connectivity index (χ2v) is 19.2. The van der Waals surface area contributed by atoms with E-state index < -0.39 is 23.4 Å². The molecule has 6 bridgehead atoms. The number of carbonyl (C=O) groups is 4. The summed E-state index contributed by atoms with van der Waals surface area (Å²) < 4.78 is 14.2. The van der Waals surface area contributed by atoms with Gasteiger partial charge < -0.3 is 34.7 Å². The minimum absolute atomic E-state index is 0.0139. The highest BCUT2D eigenvalue weighted by molar-refractivity contribution is 5.96. The van der Waals surface area contributed by atoms with Gasteiger partial charge in [-0.15, -0.1) is 0 Å². The average Bonchev–Trinajstić information content (AvgIpc) is 3.83. The number of hydrogen-bond donors (Lipinski definition) is 4. The molecule has 3 aliphatic rings. The summed E-state index contributed by atoms with van der Waals surface area (Å²) in [7, 11) is 3.35. The van der Waals surface area contributed by atoms with Gasteiger partial charge >= 0.3 is 5.97 Å². The van der Waals surface area contributed by atoms with Gasteiger partial charge in [0.05, 0.1) is 36.4 Å². The van der Waals surface area contributed by atoms with Crippen LogP contribution >= 0.6 is 0 Å². The fourth-order valence-corrected chi connectivity index (χ4v) is 10.1. The van der Waals surface area contributed by atoms with Crippen LogP contribution in [0.15, 0.2) is 54.7 Å². The van der Waals surface area contributed by atoms with Crippen LogP contribution in [0.2, 0.25) is 0 Å². The second-order valence-electron chi connectivity index (χ2n) is 19.2. The smallest absolute Gasteiger partial charge is 0.307 e. The number of cyclic esters (lactones) is 1. The zero-order valence-electron chi connectivity index (χ0n) is 39.0. The van der Waals surface area contributed by atoms with E-state index >= 15 is 0 Å². The third kappa shape index (κ3) is 9.84. The first-order chi connectivity index (χ1) is 30.5. The van der Waals surface area contributed by atoms with Gasteiger partial charge in [-0.25, -0.2) is 5.43 Å². The van der Waals surface area contributed by atoms with Crippen molar-refractivity contribution in [2.45, 2.75) is 124 Å². The van der Waals surface area contributed by atoms with Crippen LogP contribution in [0.4, 0.5) is 0 Å². The number of aromatic nitrogens is 2. The van der Waals surface area contributed by atoms with Gasteiger partial charge in [0, 0.05) is 73.8 Å². The lowest BCUT2D eigenvalue weighted by atomic mass is 9.84. The number of benzene rings is 2. The van der Waals surface area contributed by atoms with Gasteiger partial charge in [-0.1, -0.05) is 39.8 Å². The van der Waals surface area contributed by atoms with E-state index in [9.17, 15) is 24.3 Å². The number of esters is 1. The van der Waals surface area contributed by atoms with Crippen LogP contribution in [0.25, 0.3) is 33.3 Å². The molecule has 3 amide bonds. The van der Waals surface area contributed by atoms with Crippen LogP contribution in [-0.4, -0.2) is 106 Å². The Morgan fingerprint density at radius 1 is 1.08 bits per heavy atom. The number of methoxy groups -OCH3 is 1. The molecule has 2 aromatic carbocycles. The summed E-state index contributed by atoms with van der Waals surface area (Å²) in [6.45, 7) is 16.0. The second kappa shape index (κ2) is 19.4. The minimum Gasteiger partial charge on any atom is -0.508 e. The first-order valence-corrected chi connectivity index (χ1v) is 23.0. The molecule has 2 aromatic heterocycles. The molecule has 2 saturated heterocycles. The number of carbonyl (C=O) groups excluding carboxylic acids is 4. The standard InChI is InChI=1S/C50H67N7O7/c1-10-56-42-16-15-33-25-39(42)40(46(56)38-14-11-18-52-44(38)31(5)63-9)27-50(6,7)28-64-43(59)26-35-13-12-20-57(54-35)49(62)41(23-32-21-34(33)24-36(58)22-32)53-47(60)45(29(2)3)55(8)48(61)37-17-19-51-30(37)4/h11,14-16,18,21-22,24-25,29-31,35,37,41,45,51,54,58H,10,12-13,17,19-20,23,26-28H2,1-9H3,(H,53,60)/t30-,31-,35-,37-,41-,45-/m0/s1. The number of likely N-dealkylation sites (N-methyl/N-ethyl adjacent to an activating group) is 1. The van der Waals surface area contributed by atoms with Crippen molar-refractivity contribution in [3.05, 3.63) is 71.5 Å². The number of phenolic OH excluding ortho intramolecular Hbond substituents is 1. The highest BCUT2D eigenvalue weighted by atomic mass is 16.5. The molecule has 0 aliphatic carbocycles. The molecule has 64 heavy (non-hydrogen) atoms. The first-order valence-electron chi connectivity index (χ1n) is 23.0. The lowest BCUT2D eigenvalue weighted by molar-refractivity contribution is -0.150. The molecule has 14 heteroatoms. The van der Waals surface area contributed by atoms with Gasteiger partial charge in [-0.05, 0) is 118 Å².